The molecule has 0 amide bonds. The molecule has 0 unspecified atom stereocenters. The maximum absolute atomic E-state index is 5.58. The van der Waals surface area contributed by atoms with Crippen LogP contribution in [0.2, 0.25) is 0 Å². The molecule has 1 aromatic heterocycles. The zero-order valence-electron chi connectivity index (χ0n) is 11.4. The minimum Gasteiger partial charge on any atom is -0.496 e. The molecule has 19 heavy (non-hydrogen) atoms. The summed E-state index contributed by atoms with van der Waals surface area (Å²) in [4.78, 5) is 0. The molecule has 0 spiro atoms. The van der Waals surface area contributed by atoms with Gasteiger partial charge in [-0.05, 0) is 12.0 Å². The van der Waals surface area contributed by atoms with Gasteiger partial charge >= 0.3 is 0 Å². The van der Waals surface area contributed by atoms with Gasteiger partial charge in [0.1, 0.15) is 5.75 Å². The molecule has 2 heterocycles. The van der Waals surface area contributed by atoms with E-state index in [1.165, 1.54) is 5.56 Å². The molecule has 0 saturated carbocycles. The van der Waals surface area contributed by atoms with Crippen molar-refractivity contribution in [3.05, 3.63) is 36.2 Å². The summed E-state index contributed by atoms with van der Waals surface area (Å²) in [5, 5.41) is 7.73. The molecule has 4 nitrogen and oxygen atoms in total. The van der Waals surface area contributed by atoms with E-state index in [0.717, 1.165) is 36.4 Å². The Labute approximate surface area is 113 Å². The molecule has 2 aromatic rings. The van der Waals surface area contributed by atoms with Gasteiger partial charge in [0.25, 0.3) is 0 Å². The summed E-state index contributed by atoms with van der Waals surface area (Å²) >= 11 is 0. The summed E-state index contributed by atoms with van der Waals surface area (Å²) in [6.45, 7) is 4.16. The third-order valence-corrected chi connectivity index (χ3v) is 3.73. The van der Waals surface area contributed by atoms with Gasteiger partial charge in [-0.1, -0.05) is 25.1 Å². The highest BCUT2D eigenvalue weighted by Gasteiger charge is 2.20. The zero-order valence-corrected chi connectivity index (χ0v) is 11.4. The molecular formula is C15H19N3O. The standard InChI is InChI=1S/C15H19N3O/c1-3-11-5-4-6-14(15(11)19-2)12-7-17-18(10-12)13-8-16-9-13/h4-7,10,13,16H,3,8-9H2,1-2H3. The van der Waals surface area contributed by atoms with E-state index in [2.05, 4.69) is 41.7 Å². The molecule has 1 aromatic carbocycles. The van der Waals surface area contributed by atoms with E-state index in [-0.39, 0.29) is 0 Å². The fourth-order valence-corrected chi connectivity index (χ4v) is 2.47. The van der Waals surface area contributed by atoms with Crippen LogP contribution in [-0.2, 0) is 6.42 Å². The molecule has 0 bridgehead atoms. The van der Waals surface area contributed by atoms with E-state index in [9.17, 15) is 0 Å². The van der Waals surface area contributed by atoms with Crippen molar-refractivity contribution in [2.75, 3.05) is 20.2 Å². The van der Waals surface area contributed by atoms with Gasteiger partial charge in [-0.2, -0.15) is 5.10 Å². The zero-order chi connectivity index (χ0) is 13.2. The molecule has 100 valence electrons. The number of aryl methyl sites for hydroxylation is 1. The van der Waals surface area contributed by atoms with Crippen LogP contribution >= 0.6 is 0 Å². The van der Waals surface area contributed by atoms with E-state index in [1.54, 1.807) is 7.11 Å². The quantitative estimate of drug-likeness (QED) is 0.913. The Morgan fingerprint density at radius 1 is 1.42 bits per heavy atom. The third-order valence-electron chi connectivity index (χ3n) is 3.73. The topological polar surface area (TPSA) is 39.1 Å². The molecule has 1 saturated heterocycles. The van der Waals surface area contributed by atoms with Gasteiger partial charge in [-0.15, -0.1) is 0 Å². The number of hydrogen-bond donors (Lipinski definition) is 1. The van der Waals surface area contributed by atoms with Crippen molar-refractivity contribution in [3.8, 4) is 16.9 Å². The summed E-state index contributed by atoms with van der Waals surface area (Å²) in [7, 11) is 1.73. The molecule has 0 radical (unpaired) electrons. The molecule has 1 aliphatic rings. The summed E-state index contributed by atoms with van der Waals surface area (Å²) in [5.41, 5.74) is 3.48. The van der Waals surface area contributed by atoms with Crippen LogP contribution in [0.4, 0.5) is 0 Å². The lowest BCUT2D eigenvalue weighted by molar-refractivity contribution is 0.318. The molecule has 1 aliphatic heterocycles. The number of nitrogens with one attached hydrogen (secondary N) is 1. The van der Waals surface area contributed by atoms with Crippen molar-refractivity contribution >= 4 is 0 Å². The van der Waals surface area contributed by atoms with Crippen molar-refractivity contribution in [1.82, 2.24) is 15.1 Å². The molecular weight excluding hydrogens is 238 g/mol. The molecule has 0 aliphatic carbocycles. The SMILES string of the molecule is CCc1cccc(-c2cnn(C3CNC3)c2)c1OC. The van der Waals surface area contributed by atoms with Crippen molar-refractivity contribution < 1.29 is 4.74 Å². The summed E-state index contributed by atoms with van der Waals surface area (Å²) in [6.07, 6.45) is 5.01. The minimum absolute atomic E-state index is 0.495. The fraction of sp³-hybridized carbons (Fsp3) is 0.400. The van der Waals surface area contributed by atoms with Gasteiger partial charge in [-0.25, -0.2) is 0 Å². The molecule has 0 atom stereocenters. The predicted octanol–water partition coefficient (Wildman–Crippen LogP) is 2.27. The lowest BCUT2D eigenvalue weighted by Crippen LogP contribution is -2.43. The van der Waals surface area contributed by atoms with Crippen LogP contribution in [-0.4, -0.2) is 30.0 Å². The summed E-state index contributed by atoms with van der Waals surface area (Å²) in [6, 6.07) is 6.79. The van der Waals surface area contributed by atoms with Crippen LogP contribution < -0.4 is 10.1 Å². The second-order valence-electron chi connectivity index (χ2n) is 4.87. The number of para-hydroxylation sites is 1. The van der Waals surface area contributed by atoms with Gasteiger partial charge in [0.2, 0.25) is 0 Å². The maximum atomic E-state index is 5.58. The van der Waals surface area contributed by atoms with Crippen LogP contribution in [0, 0.1) is 0 Å². The third kappa shape index (κ3) is 2.12. The Morgan fingerprint density at radius 2 is 2.26 bits per heavy atom. The molecule has 3 rings (SSSR count). The maximum Gasteiger partial charge on any atom is 0.129 e. The van der Waals surface area contributed by atoms with E-state index < -0.39 is 0 Å². The van der Waals surface area contributed by atoms with Gasteiger partial charge in [0.05, 0.1) is 19.3 Å². The Bertz CT molecular complexity index is 573. The number of rotatable bonds is 4. The van der Waals surface area contributed by atoms with Gasteiger partial charge in [0, 0.05) is 30.4 Å². The Balaban J connectivity index is 1.98. The number of hydrogen-bond acceptors (Lipinski definition) is 3. The lowest BCUT2D eigenvalue weighted by Gasteiger charge is -2.27. The smallest absolute Gasteiger partial charge is 0.129 e. The van der Waals surface area contributed by atoms with Gasteiger partial charge < -0.3 is 10.1 Å². The average molecular weight is 257 g/mol. The number of nitrogens with zero attached hydrogens (tertiary/aromatic N) is 2. The first-order chi connectivity index (χ1) is 9.33. The van der Waals surface area contributed by atoms with E-state index in [1.807, 2.05) is 10.9 Å². The first-order valence-electron chi connectivity index (χ1n) is 6.74. The molecule has 4 heteroatoms. The Morgan fingerprint density at radius 3 is 2.89 bits per heavy atom. The average Bonchev–Trinajstić information content (AvgIpc) is 2.84. The Kier molecular flexibility index (Phi) is 3.25. The van der Waals surface area contributed by atoms with Crippen LogP contribution in [0.5, 0.6) is 5.75 Å². The lowest BCUT2D eigenvalue weighted by atomic mass is 10.0. The van der Waals surface area contributed by atoms with Gasteiger partial charge in [0.15, 0.2) is 0 Å². The number of methoxy groups -OCH3 is 1. The van der Waals surface area contributed by atoms with E-state index in [0.29, 0.717) is 6.04 Å². The van der Waals surface area contributed by atoms with Gasteiger partial charge in [-0.3, -0.25) is 4.68 Å². The second kappa shape index (κ2) is 5.05. The van der Waals surface area contributed by atoms with Crippen molar-refractivity contribution in [2.45, 2.75) is 19.4 Å². The largest absolute Gasteiger partial charge is 0.496 e. The highest BCUT2D eigenvalue weighted by molar-refractivity contribution is 5.71. The fourth-order valence-electron chi connectivity index (χ4n) is 2.47. The Hall–Kier alpha value is -1.81. The highest BCUT2D eigenvalue weighted by Crippen LogP contribution is 2.33. The monoisotopic (exact) mass is 257 g/mol. The van der Waals surface area contributed by atoms with Crippen LogP contribution in [0.15, 0.2) is 30.6 Å². The minimum atomic E-state index is 0.495. The number of aromatic nitrogens is 2. The normalized spacial score (nSPS) is 15.3. The van der Waals surface area contributed by atoms with Crippen molar-refractivity contribution in [3.63, 3.8) is 0 Å². The number of benzene rings is 1. The molecule has 1 fully saturated rings. The second-order valence-corrected chi connectivity index (χ2v) is 4.87. The van der Waals surface area contributed by atoms with E-state index in [4.69, 9.17) is 4.74 Å². The highest BCUT2D eigenvalue weighted by atomic mass is 16.5. The van der Waals surface area contributed by atoms with E-state index >= 15 is 0 Å². The van der Waals surface area contributed by atoms with Crippen LogP contribution in [0.1, 0.15) is 18.5 Å². The summed E-state index contributed by atoms with van der Waals surface area (Å²) < 4.78 is 7.63. The predicted molar refractivity (Wildman–Crippen MR) is 75.5 cm³/mol. The molecule has 1 N–H and O–H groups in total. The van der Waals surface area contributed by atoms with Crippen molar-refractivity contribution in [2.24, 2.45) is 0 Å². The van der Waals surface area contributed by atoms with Crippen LogP contribution in [0.3, 0.4) is 0 Å². The summed E-state index contributed by atoms with van der Waals surface area (Å²) in [5.74, 6) is 0.969. The van der Waals surface area contributed by atoms with Crippen LogP contribution in [0.25, 0.3) is 11.1 Å². The van der Waals surface area contributed by atoms with Crippen molar-refractivity contribution in [1.29, 1.82) is 0 Å². The number of ether oxygens (including phenoxy) is 1. The first-order valence-corrected chi connectivity index (χ1v) is 6.74. The first kappa shape index (κ1) is 12.2.